The molecule has 0 spiro atoms. The molecular formula is C20H37O2-. The lowest BCUT2D eigenvalue weighted by Crippen LogP contribution is -1.99. The summed E-state index contributed by atoms with van der Waals surface area (Å²) in [5.41, 5.74) is 0. The number of unbranched alkanes of at least 4 members (excludes halogenated alkanes) is 8. The van der Waals surface area contributed by atoms with Crippen LogP contribution in [0.3, 0.4) is 0 Å². The van der Waals surface area contributed by atoms with Gasteiger partial charge in [0.1, 0.15) is 0 Å². The third kappa shape index (κ3) is 15.6. The minimum absolute atomic E-state index is 0.0840. The van der Waals surface area contributed by atoms with E-state index in [1.165, 1.54) is 64.9 Å². The molecule has 0 amide bonds. The smallest absolute Gasteiger partial charge is 0.305 e. The van der Waals surface area contributed by atoms with Crippen LogP contribution in [0.2, 0.25) is 0 Å². The number of methoxy groups -OCH3 is 1. The molecule has 0 rings (SSSR count). The van der Waals surface area contributed by atoms with E-state index >= 15 is 0 Å². The number of carbonyl (C=O) groups is 1. The zero-order valence-corrected chi connectivity index (χ0v) is 14.9. The van der Waals surface area contributed by atoms with Gasteiger partial charge in [-0.15, -0.1) is 0 Å². The molecule has 0 bridgehead atoms. The fraction of sp³-hybridized carbons (Fsp3) is 0.800. The molecule has 1 atom stereocenters. The lowest BCUT2D eigenvalue weighted by molar-refractivity contribution is -0.140. The van der Waals surface area contributed by atoms with Gasteiger partial charge in [0.25, 0.3) is 0 Å². The van der Waals surface area contributed by atoms with E-state index in [9.17, 15) is 4.79 Å². The molecule has 0 fully saturated rings. The highest BCUT2D eigenvalue weighted by Gasteiger charge is 1.99. The largest absolute Gasteiger partial charge is 0.469 e. The van der Waals surface area contributed by atoms with E-state index in [1.807, 2.05) is 0 Å². The van der Waals surface area contributed by atoms with Crippen molar-refractivity contribution in [3.05, 3.63) is 19.1 Å². The lowest BCUT2D eigenvalue weighted by atomic mass is 9.98. The highest BCUT2D eigenvalue weighted by molar-refractivity contribution is 5.68. The van der Waals surface area contributed by atoms with E-state index in [2.05, 4.69) is 30.7 Å². The minimum Gasteiger partial charge on any atom is -0.469 e. The quantitative estimate of drug-likeness (QED) is 0.154. The Morgan fingerprint density at radius 3 is 2.41 bits per heavy atom. The second-order valence-corrected chi connectivity index (χ2v) is 6.31. The third-order valence-corrected chi connectivity index (χ3v) is 4.08. The zero-order chi connectivity index (χ0) is 16.5. The molecule has 0 radical (unpaired) electrons. The summed E-state index contributed by atoms with van der Waals surface area (Å²) in [7, 11) is 1.45. The molecule has 0 saturated carbocycles. The van der Waals surface area contributed by atoms with Crippen molar-refractivity contribution in [2.75, 3.05) is 7.11 Å². The molecule has 0 aromatic carbocycles. The van der Waals surface area contributed by atoms with Gasteiger partial charge in [-0.25, -0.2) is 0 Å². The van der Waals surface area contributed by atoms with Crippen molar-refractivity contribution in [1.82, 2.24) is 0 Å². The van der Waals surface area contributed by atoms with Gasteiger partial charge < -0.3 is 11.7 Å². The van der Waals surface area contributed by atoms with Gasteiger partial charge in [-0.05, 0) is 19.3 Å². The van der Waals surface area contributed by atoms with Gasteiger partial charge >= 0.3 is 5.97 Å². The van der Waals surface area contributed by atoms with E-state index in [0.717, 1.165) is 19.3 Å². The van der Waals surface area contributed by atoms with Gasteiger partial charge in [-0.2, -0.15) is 5.92 Å². The maximum absolute atomic E-state index is 11.0. The van der Waals surface area contributed by atoms with Crippen molar-refractivity contribution in [2.45, 2.75) is 90.4 Å². The van der Waals surface area contributed by atoms with Crippen LogP contribution in [0.25, 0.3) is 0 Å². The summed E-state index contributed by atoms with van der Waals surface area (Å²) in [5, 5.41) is 0. The Balaban J connectivity index is 3.30. The zero-order valence-electron chi connectivity index (χ0n) is 14.9. The van der Waals surface area contributed by atoms with E-state index in [0.29, 0.717) is 12.3 Å². The normalized spacial score (nSPS) is 12.7. The SMILES string of the molecule is [CH2-]C(C/C=C/CCCCCC)CCCCCCCC(=O)OC. The first kappa shape index (κ1) is 21.2. The highest BCUT2D eigenvalue weighted by Crippen LogP contribution is 2.15. The monoisotopic (exact) mass is 309 g/mol. The Hall–Kier alpha value is -0.790. The molecule has 2 heteroatoms. The highest BCUT2D eigenvalue weighted by atomic mass is 16.5. The van der Waals surface area contributed by atoms with E-state index in [4.69, 9.17) is 0 Å². The number of esters is 1. The Morgan fingerprint density at radius 1 is 1.00 bits per heavy atom. The number of allylic oxidation sites excluding steroid dienone is 2. The van der Waals surface area contributed by atoms with Crippen molar-refractivity contribution in [1.29, 1.82) is 0 Å². The van der Waals surface area contributed by atoms with Crippen LogP contribution in [0.1, 0.15) is 90.4 Å². The van der Waals surface area contributed by atoms with Crippen molar-refractivity contribution in [3.8, 4) is 0 Å². The van der Waals surface area contributed by atoms with Crippen molar-refractivity contribution >= 4 is 5.97 Å². The molecular weight excluding hydrogens is 272 g/mol. The molecule has 0 saturated heterocycles. The topological polar surface area (TPSA) is 26.3 Å². The number of carbonyl (C=O) groups excluding carboxylic acids is 1. The summed E-state index contributed by atoms with van der Waals surface area (Å²) in [6.45, 7) is 6.49. The van der Waals surface area contributed by atoms with E-state index in [-0.39, 0.29) is 5.97 Å². The van der Waals surface area contributed by atoms with Crippen LogP contribution in [0.5, 0.6) is 0 Å². The van der Waals surface area contributed by atoms with Crippen LogP contribution in [0.4, 0.5) is 0 Å². The fourth-order valence-corrected chi connectivity index (χ4v) is 2.55. The first-order chi connectivity index (χ1) is 10.7. The summed E-state index contributed by atoms with van der Waals surface area (Å²) in [4.78, 5) is 11.0. The van der Waals surface area contributed by atoms with Crippen LogP contribution in [0.15, 0.2) is 12.2 Å². The molecule has 0 aliphatic carbocycles. The Morgan fingerprint density at radius 2 is 1.68 bits per heavy atom. The van der Waals surface area contributed by atoms with Crippen LogP contribution < -0.4 is 0 Å². The summed E-state index contributed by atoms with van der Waals surface area (Å²) in [6, 6.07) is 0. The summed E-state index contributed by atoms with van der Waals surface area (Å²) >= 11 is 0. The number of hydrogen-bond donors (Lipinski definition) is 0. The van der Waals surface area contributed by atoms with Gasteiger partial charge in [-0.1, -0.05) is 76.9 Å². The molecule has 0 N–H and O–H groups in total. The molecule has 22 heavy (non-hydrogen) atoms. The average molecular weight is 310 g/mol. The lowest BCUT2D eigenvalue weighted by Gasteiger charge is -2.14. The average Bonchev–Trinajstić information content (AvgIpc) is 2.52. The molecule has 0 aromatic heterocycles. The second kappa shape index (κ2) is 16.6. The number of rotatable bonds is 15. The minimum atomic E-state index is -0.0840. The third-order valence-electron chi connectivity index (χ3n) is 4.08. The maximum atomic E-state index is 11.0. The number of ether oxygens (including phenoxy) is 1. The summed E-state index contributed by atoms with van der Waals surface area (Å²) in [6.07, 6.45) is 20.0. The van der Waals surface area contributed by atoms with Crippen molar-refractivity contribution < 1.29 is 9.53 Å². The van der Waals surface area contributed by atoms with Gasteiger partial charge in [0.15, 0.2) is 0 Å². The predicted octanol–water partition coefficient (Wildman–Crippen LogP) is 6.26. The first-order valence-corrected chi connectivity index (χ1v) is 9.25. The molecule has 0 heterocycles. The summed E-state index contributed by atoms with van der Waals surface area (Å²) in [5.74, 6) is 0.473. The fourth-order valence-electron chi connectivity index (χ4n) is 2.55. The Kier molecular flexibility index (Phi) is 16.0. The van der Waals surface area contributed by atoms with Crippen LogP contribution >= 0.6 is 0 Å². The molecule has 2 nitrogen and oxygen atoms in total. The Labute approximate surface area is 138 Å². The van der Waals surface area contributed by atoms with Crippen LogP contribution in [0, 0.1) is 12.8 Å². The van der Waals surface area contributed by atoms with E-state index < -0.39 is 0 Å². The maximum Gasteiger partial charge on any atom is 0.305 e. The van der Waals surface area contributed by atoms with Gasteiger partial charge in [-0.3, -0.25) is 4.79 Å². The van der Waals surface area contributed by atoms with Crippen LogP contribution in [-0.2, 0) is 9.53 Å². The first-order valence-electron chi connectivity index (χ1n) is 9.25. The standard InChI is InChI=1S/C20H37O2/c1-4-5-6-7-8-10-13-16-19(2)17-14-11-9-12-15-18-20(21)22-3/h10,13,19H,2,4-9,11-12,14-18H2,1,3H3/q-1/b13-10+. The predicted molar refractivity (Wildman–Crippen MR) is 95.7 cm³/mol. The molecule has 0 aliphatic heterocycles. The second-order valence-electron chi connectivity index (χ2n) is 6.31. The van der Waals surface area contributed by atoms with Gasteiger partial charge in [0, 0.05) is 6.42 Å². The van der Waals surface area contributed by atoms with Gasteiger partial charge in [0.05, 0.1) is 7.11 Å². The van der Waals surface area contributed by atoms with Crippen molar-refractivity contribution in [3.63, 3.8) is 0 Å². The van der Waals surface area contributed by atoms with Gasteiger partial charge in [0.2, 0.25) is 0 Å². The summed E-state index contributed by atoms with van der Waals surface area (Å²) < 4.78 is 4.63. The molecule has 0 aromatic rings. The van der Waals surface area contributed by atoms with Crippen molar-refractivity contribution in [2.24, 2.45) is 5.92 Å². The molecule has 0 aliphatic rings. The molecule has 130 valence electrons. The number of hydrogen-bond acceptors (Lipinski definition) is 2. The van der Waals surface area contributed by atoms with E-state index in [1.54, 1.807) is 0 Å². The molecule has 1 unspecified atom stereocenters. The Bertz CT molecular complexity index is 271. The van der Waals surface area contributed by atoms with Crippen LogP contribution in [-0.4, -0.2) is 13.1 Å².